The normalized spacial score (nSPS) is 31.7. The molecule has 2 unspecified atom stereocenters. The molecule has 3 rings (SSSR count). The van der Waals surface area contributed by atoms with Crippen LogP contribution in [0.3, 0.4) is 0 Å². The van der Waals surface area contributed by atoms with Gasteiger partial charge in [-0.05, 0) is 49.2 Å². The molecule has 0 saturated heterocycles. The highest BCUT2D eigenvalue weighted by Gasteiger charge is 2.46. The van der Waals surface area contributed by atoms with Crippen molar-refractivity contribution in [1.29, 1.82) is 0 Å². The standard InChI is InChI=1S/C18H25ClN4O3S2/c1-10-6-11(26-23-10)8-21-15(24)13-7-12(19)14(27-13)18(4)9-28(5,25)17(2,3)16(20)22-18/h7,11H,5-6,8-9H2,1-4H3,(H2,20,22)(H,21,24)/t11?,18-,28?/m0/s1. The van der Waals surface area contributed by atoms with E-state index in [4.69, 9.17) is 22.2 Å². The van der Waals surface area contributed by atoms with Crippen LogP contribution in [0.25, 0.3) is 0 Å². The average Bonchev–Trinajstić information content (AvgIpc) is 3.16. The second-order valence-electron chi connectivity index (χ2n) is 7.99. The molecule has 3 atom stereocenters. The van der Waals surface area contributed by atoms with Gasteiger partial charge < -0.3 is 15.9 Å². The van der Waals surface area contributed by atoms with Crippen LogP contribution in [0.4, 0.5) is 0 Å². The Kier molecular flexibility index (Phi) is 5.31. The zero-order valence-corrected chi connectivity index (χ0v) is 18.8. The zero-order chi connectivity index (χ0) is 20.9. The first-order chi connectivity index (χ1) is 12.9. The van der Waals surface area contributed by atoms with E-state index < -0.39 is 19.8 Å². The molecule has 0 aliphatic carbocycles. The van der Waals surface area contributed by atoms with Gasteiger partial charge in [-0.15, -0.1) is 11.3 Å². The minimum Gasteiger partial charge on any atom is -0.390 e. The molecule has 3 N–H and O–H groups in total. The topological polar surface area (TPSA) is 106 Å². The molecule has 1 amide bonds. The van der Waals surface area contributed by atoms with Crippen molar-refractivity contribution in [3.63, 3.8) is 0 Å². The summed E-state index contributed by atoms with van der Waals surface area (Å²) in [6.07, 6.45) is 0.536. The molecule has 2 aliphatic rings. The van der Waals surface area contributed by atoms with E-state index in [1.54, 1.807) is 19.9 Å². The Labute approximate surface area is 174 Å². The highest BCUT2D eigenvalue weighted by Crippen LogP contribution is 2.43. The fourth-order valence-electron chi connectivity index (χ4n) is 3.19. The van der Waals surface area contributed by atoms with Crippen LogP contribution < -0.4 is 11.1 Å². The van der Waals surface area contributed by atoms with E-state index in [0.717, 1.165) is 5.71 Å². The SMILES string of the molecule is C=S1(=O)C[C@@](C)(c2sc(C(=O)NCC3CC(C)=NO3)cc2Cl)N=C(N)C1(C)C. The summed E-state index contributed by atoms with van der Waals surface area (Å²) in [6.45, 7) is 7.63. The van der Waals surface area contributed by atoms with E-state index in [1.807, 2.05) is 13.8 Å². The lowest BCUT2D eigenvalue weighted by atomic mass is 10.0. The van der Waals surface area contributed by atoms with Gasteiger partial charge in [-0.3, -0.25) is 14.0 Å². The first kappa shape index (κ1) is 21.1. The van der Waals surface area contributed by atoms with Crippen LogP contribution in [0.2, 0.25) is 5.02 Å². The number of thiophene rings is 1. The average molecular weight is 445 g/mol. The largest absolute Gasteiger partial charge is 0.390 e. The van der Waals surface area contributed by atoms with E-state index in [0.29, 0.717) is 27.7 Å². The molecule has 0 fully saturated rings. The van der Waals surface area contributed by atoms with E-state index in [1.165, 1.54) is 11.3 Å². The molecule has 1 aromatic heterocycles. The van der Waals surface area contributed by atoms with Crippen molar-refractivity contribution < 1.29 is 13.8 Å². The van der Waals surface area contributed by atoms with Crippen molar-refractivity contribution in [2.24, 2.45) is 15.9 Å². The van der Waals surface area contributed by atoms with Gasteiger partial charge in [0.25, 0.3) is 5.91 Å². The summed E-state index contributed by atoms with van der Waals surface area (Å²) in [5.41, 5.74) is 6.15. The number of amidine groups is 1. The number of halogens is 1. The molecule has 7 nitrogen and oxygen atoms in total. The Morgan fingerprint density at radius 3 is 2.79 bits per heavy atom. The van der Waals surface area contributed by atoms with Gasteiger partial charge in [-0.25, -0.2) is 0 Å². The number of nitrogens with two attached hydrogens (primary N) is 1. The third-order valence-electron chi connectivity index (χ3n) is 5.20. The van der Waals surface area contributed by atoms with Gasteiger partial charge in [0.05, 0.1) is 31.8 Å². The molecule has 3 heterocycles. The zero-order valence-electron chi connectivity index (χ0n) is 16.4. The van der Waals surface area contributed by atoms with Crippen LogP contribution in [0.15, 0.2) is 16.2 Å². The molecule has 0 spiro atoms. The van der Waals surface area contributed by atoms with Crippen LogP contribution in [0.5, 0.6) is 0 Å². The summed E-state index contributed by atoms with van der Waals surface area (Å²) in [7, 11) is -2.56. The fraction of sp³-hybridized carbons (Fsp3) is 0.556. The van der Waals surface area contributed by atoms with Gasteiger partial charge in [0.2, 0.25) is 0 Å². The van der Waals surface area contributed by atoms with E-state index in [9.17, 15) is 9.00 Å². The van der Waals surface area contributed by atoms with Crippen LogP contribution in [0.1, 0.15) is 48.7 Å². The third-order valence-corrected chi connectivity index (χ3v) is 10.1. The Morgan fingerprint density at radius 1 is 1.54 bits per heavy atom. The number of rotatable bonds is 4. The number of carbonyl (C=O) groups excluding carboxylic acids is 1. The molecular formula is C18H25ClN4O3S2. The van der Waals surface area contributed by atoms with Crippen LogP contribution in [-0.4, -0.2) is 50.7 Å². The molecule has 28 heavy (non-hydrogen) atoms. The quantitative estimate of drug-likeness (QED) is 0.695. The number of carbonyl (C=O) groups is 1. The van der Waals surface area contributed by atoms with Gasteiger partial charge in [-0.1, -0.05) is 16.8 Å². The number of aliphatic imine (C=N–C) groups is 1. The maximum absolute atomic E-state index is 13.2. The molecule has 0 radical (unpaired) electrons. The highest BCUT2D eigenvalue weighted by molar-refractivity contribution is 8.02. The second-order valence-corrected chi connectivity index (χ2v) is 12.4. The predicted octanol–water partition coefficient (Wildman–Crippen LogP) is 2.38. The molecule has 0 bridgehead atoms. The summed E-state index contributed by atoms with van der Waals surface area (Å²) < 4.78 is 12.4. The Bertz CT molecular complexity index is 981. The molecule has 2 aliphatic heterocycles. The summed E-state index contributed by atoms with van der Waals surface area (Å²) in [4.78, 5) is 23.5. The lowest BCUT2D eigenvalue weighted by molar-refractivity contribution is 0.0755. The first-order valence-electron chi connectivity index (χ1n) is 8.83. The highest BCUT2D eigenvalue weighted by atomic mass is 35.5. The molecule has 10 heteroatoms. The monoisotopic (exact) mass is 444 g/mol. The van der Waals surface area contributed by atoms with E-state index >= 15 is 0 Å². The number of hydrogen-bond donors (Lipinski definition) is 2. The smallest absolute Gasteiger partial charge is 0.261 e. The predicted molar refractivity (Wildman–Crippen MR) is 117 cm³/mol. The number of nitrogens with one attached hydrogen (secondary N) is 1. The van der Waals surface area contributed by atoms with Crippen LogP contribution in [-0.2, 0) is 19.9 Å². The van der Waals surface area contributed by atoms with Crippen molar-refractivity contribution in [3.05, 3.63) is 20.8 Å². The molecule has 0 saturated carbocycles. The van der Waals surface area contributed by atoms with Crippen molar-refractivity contribution in [2.75, 3.05) is 12.3 Å². The Morgan fingerprint density at radius 2 is 2.21 bits per heavy atom. The van der Waals surface area contributed by atoms with E-state index in [2.05, 4.69) is 21.3 Å². The molecular weight excluding hydrogens is 420 g/mol. The molecule has 1 aromatic rings. The van der Waals surface area contributed by atoms with Gasteiger partial charge in [-0.2, -0.15) is 0 Å². The number of nitrogens with zero attached hydrogens (tertiary/aromatic N) is 2. The second kappa shape index (κ2) is 7.03. The van der Waals surface area contributed by atoms with Crippen molar-refractivity contribution in [1.82, 2.24) is 5.32 Å². The van der Waals surface area contributed by atoms with Crippen molar-refractivity contribution in [3.8, 4) is 0 Å². The Balaban J connectivity index is 1.82. The van der Waals surface area contributed by atoms with Gasteiger partial charge >= 0.3 is 0 Å². The number of oxime groups is 1. The number of hydrogen-bond acceptors (Lipinski definition) is 7. The summed E-state index contributed by atoms with van der Waals surface area (Å²) in [6, 6.07) is 1.61. The summed E-state index contributed by atoms with van der Waals surface area (Å²) >= 11 is 7.66. The summed E-state index contributed by atoms with van der Waals surface area (Å²) in [5.74, 6) is 4.17. The van der Waals surface area contributed by atoms with Gasteiger partial charge in [0, 0.05) is 12.2 Å². The lowest BCUT2D eigenvalue weighted by Gasteiger charge is -2.40. The van der Waals surface area contributed by atoms with Crippen LogP contribution >= 0.6 is 22.9 Å². The van der Waals surface area contributed by atoms with Crippen LogP contribution in [0, 0.1) is 0 Å². The third kappa shape index (κ3) is 3.67. The fourth-order valence-corrected chi connectivity index (χ4v) is 6.74. The lowest BCUT2D eigenvalue weighted by Crippen LogP contribution is -2.54. The van der Waals surface area contributed by atoms with Crippen molar-refractivity contribution >= 4 is 55.8 Å². The molecule has 0 aromatic carbocycles. The summed E-state index contributed by atoms with van der Waals surface area (Å²) in [5, 5.41) is 7.12. The minimum atomic E-state index is -2.56. The Hall–Kier alpha value is -1.58. The maximum atomic E-state index is 13.2. The van der Waals surface area contributed by atoms with Gasteiger partial charge in [0.1, 0.15) is 17.5 Å². The molecule has 154 valence electrons. The maximum Gasteiger partial charge on any atom is 0.261 e. The first-order valence-corrected chi connectivity index (χ1v) is 11.9. The van der Waals surface area contributed by atoms with Crippen molar-refractivity contribution in [2.45, 2.75) is 50.5 Å². The minimum absolute atomic E-state index is 0.155. The van der Waals surface area contributed by atoms with E-state index in [-0.39, 0.29) is 23.6 Å². The number of amides is 1. The van der Waals surface area contributed by atoms with Gasteiger partial charge in [0.15, 0.2) is 0 Å².